The van der Waals surface area contributed by atoms with Crippen LogP contribution in [0.3, 0.4) is 0 Å². The van der Waals surface area contributed by atoms with Gasteiger partial charge in [0.05, 0.1) is 21.4 Å². The van der Waals surface area contributed by atoms with Crippen LogP contribution < -0.4 is 19.7 Å². The molecule has 3 aromatic carbocycles. The third-order valence-corrected chi connectivity index (χ3v) is 6.15. The number of urea groups is 1. The summed E-state index contributed by atoms with van der Waals surface area (Å²) in [6.45, 7) is 0.111. The number of ether oxygens (including phenoxy) is 2. The minimum absolute atomic E-state index is 0.111. The van der Waals surface area contributed by atoms with Gasteiger partial charge in [-0.25, -0.2) is 14.1 Å². The molecule has 1 aliphatic heterocycles. The number of methoxy groups -OCH3 is 1. The van der Waals surface area contributed by atoms with Gasteiger partial charge in [-0.2, -0.15) is 0 Å². The Kier molecular flexibility index (Phi) is 7.37. The van der Waals surface area contributed by atoms with Gasteiger partial charge in [0.25, 0.3) is 11.8 Å². The number of hydrogen-bond acceptors (Lipinski definition) is 5. The van der Waals surface area contributed by atoms with Crippen LogP contribution in [0.1, 0.15) is 11.1 Å². The van der Waals surface area contributed by atoms with Gasteiger partial charge in [-0.05, 0) is 76.2 Å². The Hall–Kier alpha value is -3.44. The first kappa shape index (κ1) is 24.7. The van der Waals surface area contributed by atoms with Crippen molar-refractivity contribution >= 4 is 63.8 Å². The van der Waals surface area contributed by atoms with Crippen LogP contribution in [0, 0.1) is 9.39 Å². The number of barbiturate groups is 1. The highest BCUT2D eigenvalue weighted by molar-refractivity contribution is 14.1. The second-order valence-electron chi connectivity index (χ2n) is 7.36. The second-order valence-corrected chi connectivity index (χ2v) is 8.93. The Labute approximate surface area is 218 Å². The van der Waals surface area contributed by atoms with Crippen LogP contribution in [0.15, 0.2) is 66.2 Å². The molecule has 7 nitrogen and oxygen atoms in total. The van der Waals surface area contributed by atoms with Gasteiger partial charge in [0.15, 0.2) is 11.5 Å². The number of nitrogens with zero attached hydrogens (tertiary/aromatic N) is 1. The number of anilines is 1. The molecule has 0 saturated carbocycles. The lowest BCUT2D eigenvalue weighted by Crippen LogP contribution is -2.54. The summed E-state index contributed by atoms with van der Waals surface area (Å²) in [6.07, 6.45) is 1.36. The molecule has 4 rings (SSSR count). The van der Waals surface area contributed by atoms with E-state index in [0.29, 0.717) is 26.2 Å². The number of rotatable bonds is 6. The van der Waals surface area contributed by atoms with Crippen LogP contribution >= 0.6 is 34.2 Å². The fourth-order valence-corrected chi connectivity index (χ4v) is 4.42. The summed E-state index contributed by atoms with van der Waals surface area (Å²) in [5, 5.41) is 2.35. The average Bonchev–Trinajstić information content (AvgIpc) is 2.82. The van der Waals surface area contributed by atoms with Gasteiger partial charge in [-0.1, -0.05) is 35.9 Å². The lowest BCUT2D eigenvalue weighted by molar-refractivity contribution is -0.122. The van der Waals surface area contributed by atoms with E-state index in [1.807, 2.05) is 22.6 Å². The molecule has 0 radical (unpaired) electrons. The summed E-state index contributed by atoms with van der Waals surface area (Å²) in [6, 6.07) is 14.8. The normalized spacial score (nSPS) is 14.8. The number of carbonyl (C=O) groups excluding carboxylic acids is 3. The molecule has 0 atom stereocenters. The first-order valence-corrected chi connectivity index (χ1v) is 11.6. The average molecular weight is 607 g/mol. The minimum atomic E-state index is -0.890. The third kappa shape index (κ3) is 5.30. The highest BCUT2D eigenvalue weighted by Crippen LogP contribution is 2.36. The smallest absolute Gasteiger partial charge is 0.335 e. The van der Waals surface area contributed by atoms with Crippen LogP contribution in [-0.4, -0.2) is 25.0 Å². The highest BCUT2D eigenvalue weighted by Gasteiger charge is 2.37. The maximum atomic E-state index is 13.5. The van der Waals surface area contributed by atoms with Gasteiger partial charge >= 0.3 is 6.03 Å². The summed E-state index contributed by atoms with van der Waals surface area (Å²) in [5.74, 6) is -1.24. The van der Waals surface area contributed by atoms with Crippen molar-refractivity contribution in [2.75, 3.05) is 12.0 Å². The zero-order valence-corrected chi connectivity index (χ0v) is 21.1. The molecule has 4 amide bonds. The molecule has 0 unspecified atom stereocenters. The van der Waals surface area contributed by atoms with E-state index in [1.54, 1.807) is 36.4 Å². The van der Waals surface area contributed by atoms with E-state index < -0.39 is 17.8 Å². The molecule has 178 valence electrons. The van der Waals surface area contributed by atoms with Gasteiger partial charge in [0, 0.05) is 0 Å². The number of benzene rings is 3. The highest BCUT2D eigenvalue weighted by atomic mass is 127. The topological polar surface area (TPSA) is 84.9 Å². The molecular weight excluding hydrogens is 590 g/mol. The first-order valence-electron chi connectivity index (χ1n) is 10.2. The van der Waals surface area contributed by atoms with E-state index >= 15 is 0 Å². The van der Waals surface area contributed by atoms with Gasteiger partial charge in [0.1, 0.15) is 18.0 Å². The fourth-order valence-electron chi connectivity index (χ4n) is 3.42. The summed E-state index contributed by atoms with van der Waals surface area (Å²) < 4.78 is 25.4. The van der Waals surface area contributed by atoms with Crippen molar-refractivity contribution in [3.63, 3.8) is 0 Å². The predicted molar refractivity (Wildman–Crippen MR) is 137 cm³/mol. The molecule has 0 aliphatic carbocycles. The number of hydrogen-bond donors (Lipinski definition) is 1. The Morgan fingerprint density at radius 2 is 1.86 bits per heavy atom. The molecule has 0 aromatic heterocycles. The first-order chi connectivity index (χ1) is 16.8. The van der Waals surface area contributed by atoms with E-state index in [2.05, 4.69) is 5.32 Å². The van der Waals surface area contributed by atoms with Gasteiger partial charge in [-0.3, -0.25) is 14.9 Å². The summed E-state index contributed by atoms with van der Waals surface area (Å²) in [4.78, 5) is 38.8. The van der Waals surface area contributed by atoms with Crippen molar-refractivity contribution in [2.45, 2.75) is 6.61 Å². The molecule has 1 N–H and O–H groups in total. The summed E-state index contributed by atoms with van der Waals surface area (Å²) >= 11 is 8.20. The SMILES string of the molecule is COc1cc(/C=C2\C(=O)NC(=O)N(c3ccccc3Cl)C2=O)cc(I)c1OCc1cccc(F)c1. The Morgan fingerprint density at radius 1 is 1.09 bits per heavy atom. The number of carbonyl (C=O) groups is 3. The second kappa shape index (κ2) is 10.4. The fraction of sp³-hybridized carbons (Fsp3) is 0.0800. The van der Waals surface area contributed by atoms with E-state index in [1.165, 1.54) is 37.5 Å². The van der Waals surface area contributed by atoms with Crippen molar-refractivity contribution in [1.29, 1.82) is 0 Å². The standard InChI is InChI=1S/C25H17ClFIN2O5/c1-34-21-12-15(11-19(28)22(21)35-13-14-5-4-6-16(27)9-14)10-17-23(31)29-25(33)30(24(17)32)20-8-3-2-7-18(20)26/h2-12H,13H2,1H3,(H,29,31,33)/b17-10+. The molecule has 1 heterocycles. The summed E-state index contributed by atoms with van der Waals surface area (Å²) in [7, 11) is 1.45. The van der Waals surface area contributed by atoms with E-state index in [4.69, 9.17) is 21.1 Å². The Morgan fingerprint density at radius 3 is 2.57 bits per heavy atom. The Balaban J connectivity index is 1.65. The van der Waals surface area contributed by atoms with Crippen LogP contribution in [0.4, 0.5) is 14.9 Å². The van der Waals surface area contributed by atoms with Crippen molar-refractivity contribution in [3.8, 4) is 11.5 Å². The van der Waals surface area contributed by atoms with Crippen molar-refractivity contribution in [3.05, 3.63) is 91.8 Å². The Bertz CT molecular complexity index is 1380. The monoisotopic (exact) mass is 606 g/mol. The molecule has 1 fully saturated rings. The number of para-hydroxylation sites is 1. The molecule has 1 aliphatic rings. The maximum Gasteiger partial charge on any atom is 0.335 e. The third-order valence-electron chi connectivity index (χ3n) is 5.03. The number of nitrogens with one attached hydrogen (secondary N) is 1. The molecule has 35 heavy (non-hydrogen) atoms. The van der Waals surface area contributed by atoms with Crippen LogP contribution in [0.5, 0.6) is 11.5 Å². The van der Waals surface area contributed by atoms with E-state index in [-0.39, 0.29) is 28.7 Å². The zero-order valence-electron chi connectivity index (χ0n) is 18.2. The van der Waals surface area contributed by atoms with Crippen LogP contribution in [0.2, 0.25) is 5.02 Å². The zero-order chi connectivity index (χ0) is 25.1. The molecule has 10 heteroatoms. The minimum Gasteiger partial charge on any atom is -0.493 e. The molecule has 0 bridgehead atoms. The molecule has 3 aromatic rings. The molecular formula is C25H17ClFIN2O5. The largest absolute Gasteiger partial charge is 0.493 e. The quantitative estimate of drug-likeness (QED) is 0.233. The van der Waals surface area contributed by atoms with Crippen LogP contribution in [-0.2, 0) is 16.2 Å². The molecule has 1 saturated heterocycles. The predicted octanol–water partition coefficient (Wildman–Crippen LogP) is 5.34. The van der Waals surface area contributed by atoms with Gasteiger partial charge in [-0.15, -0.1) is 0 Å². The van der Waals surface area contributed by atoms with Crippen molar-refractivity contribution in [2.24, 2.45) is 0 Å². The lowest BCUT2D eigenvalue weighted by atomic mass is 10.1. The maximum absolute atomic E-state index is 13.5. The molecule has 0 spiro atoms. The van der Waals surface area contributed by atoms with Crippen molar-refractivity contribution in [1.82, 2.24) is 5.32 Å². The van der Waals surface area contributed by atoms with Gasteiger partial charge < -0.3 is 9.47 Å². The van der Waals surface area contributed by atoms with Crippen LogP contribution in [0.25, 0.3) is 6.08 Å². The summed E-state index contributed by atoms with van der Waals surface area (Å²) in [5.41, 5.74) is 1.01. The van der Waals surface area contributed by atoms with E-state index in [0.717, 1.165) is 4.90 Å². The number of imide groups is 2. The number of amides is 4. The lowest BCUT2D eigenvalue weighted by Gasteiger charge is -2.27. The number of halogens is 3. The van der Waals surface area contributed by atoms with E-state index in [9.17, 15) is 18.8 Å². The van der Waals surface area contributed by atoms with Crippen molar-refractivity contribution < 1.29 is 28.2 Å². The van der Waals surface area contributed by atoms with Gasteiger partial charge in [0.2, 0.25) is 0 Å².